The van der Waals surface area contributed by atoms with Crippen LogP contribution in [0.1, 0.15) is 144 Å². The predicted octanol–water partition coefficient (Wildman–Crippen LogP) is 9.11. The molecule has 0 aliphatic carbocycles. The van der Waals surface area contributed by atoms with E-state index in [-0.39, 0.29) is 18.7 Å². The van der Waals surface area contributed by atoms with Gasteiger partial charge >= 0.3 is 11.9 Å². The monoisotopic (exact) mass is 585 g/mol. The lowest BCUT2D eigenvalue weighted by Crippen LogP contribution is -2.16. The lowest BCUT2D eigenvalue weighted by molar-refractivity contribution is -0.141. The maximum absolute atomic E-state index is 11.6. The first-order valence-electron chi connectivity index (χ1n) is 15.9. The Bertz CT molecular complexity index is 653. The summed E-state index contributed by atoms with van der Waals surface area (Å²) in [5, 5.41) is 18.2. The Kier molecular flexibility index (Phi) is 29.5. The number of hydrogen-bond donors (Lipinski definition) is 3. The number of hydrogen-bond acceptors (Lipinski definition) is 4. The molecule has 0 heterocycles. The van der Waals surface area contributed by atoms with Crippen molar-refractivity contribution in [2.75, 3.05) is 11.5 Å². The number of carboxylic acids is 2. The zero-order valence-corrected chi connectivity index (χ0v) is 27.3. The normalized spacial score (nSPS) is 13.8. The molecule has 7 heteroatoms. The highest BCUT2D eigenvalue weighted by molar-refractivity contribution is 7.99. The maximum Gasteiger partial charge on any atom is 0.307 e. The molecular formula is C33H63NO5S. The Hall–Kier alpha value is -1.50. The van der Waals surface area contributed by atoms with Gasteiger partial charge in [-0.15, -0.1) is 0 Å². The number of primary amides is 1. The summed E-state index contributed by atoms with van der Waals surface area (Å²) in [6.07, 6.45) is 21.3. The largest absolute Gasteiger partial charge is 0.481 e. The predicted molar refractivity (Wildman–Crippen MR) is 172 cm³/mol. The van der Waals surface area contributed by atoms with Crippen molar-refractivity contribution in [2.24, 2.45) is 29.4 Å². The number of nitrogens with two attached hydrogens (primary N) is 1. The van der Waals surface area contributed by atoms with E-state index in [0.717, 1.165) is 74.9 Å². The van der Waals surface area contributed by atoms with Gasteiger partial charge in [0.1, 0.15) is 0 Å². The molecule has 1 amide bonds. The first-order valence-corrected chi connectivity index (χ1v) is 17.0. The number of carbonyl (C=O) groups excluding carboxylic acids is 1. The van der Waals surface area contributed by atoms with Crippen molar-refractivity contribution in [3.05, 3.63) is 11.6 Å². The van der Waals surface area contributed by atoms with E-state index in [1.165, 1.54) is 56.9 Å². The molecule has 0 bridgehead atoms. The van der Waals surface area contributed by atoms with Gasteiger partial charge in [0.2, 0.25) is 6.41 Å². The zero-order chi connectivity index (χ0) is 30.6. The fraction of sp³-hybridized carbons (Fsp3) is 0.848. The molecule has 3 unspecified atom stereocenters. The molecule has 0 fully saturated rings. The van der Waals surface area contributed by atoms with Crippen LogP contribution in [-0.4, -0.2) is 40.1 Å². The lowest BCUT2D eigenvalue weighted by Gasteiger charge is -2.15. The standard InChI is InChI=1S/C32H60O4S.CH3NO/c1-26(2)15-12-16-27(3)17-13-18-28(4)19-14-20-29(5)23-24-37-25-30(32(35)36)21-10-8-6-7-9-11-22-31(33)34;2-1-3/h23,26-28,30H,6-22,24-25H2,1-5H3,(H,33,34)(H,35,36);1H,(H2,2,3)/b29-23+;. The molecule has 0 aromatic carbocycles. The van der Waals surface area contributed by atoms with Crippen LogP contribution in [-0.2, 0) is 14.4 Å². The van der Waals surface area contributed by atoms with Crippen molar-refractivity contribution in [3.8, 4) is 0 Å². The van der Waals surface area contributed by atoms with Crippen LogP contribution in [0.3, 0.4) is 0 Å². The van der Waals surface area contributed by atoms with Crippen LogP contribution in [0.4, 0.5) is 0 Å². The first-order chi connectivity index (χ1) is 19.0. The van der Waals surface area contributed by atoms with E-state index >= 15 is 0 Å². The molecule has 0 saturated carbocycles. The Balaban J connectivity index is 0. The molecule has 6 nitrogen and oxygen atoms in total. The number of amides is 1. The van der Waals surface area contributed by atoms with Crippen molar-refractivity contribution >= 4 is 30.1 Å². The molecule has 0 spiro atoms. The second-order valence-electron chi connectivity index (χ2n) is 12.2. The van der Waals surface area contributed by atoms with Gasteiger partial charge in [0.15, 0.2) is 0 Å². The number of allylic oxidation sites excluding steroid dienone is 1. The van der Waals surface area contributed by atoms with Gasteiger partial charge in [0, 0.05) is 17.9 Å². The SMILES string of the molecule is C/C(=C\CSCC(CCCCCCCCC(=O)O)C(=O)O)CCCC(C)CCCC(C)CCCC(C)C.NC=O. The summed E-state index contributed by atoms with van der Waals surface area (Å²) in [6, 6.07) is 0. The minimum Gasteiger partial charge on any atom is -0.481 e. The molecule has 0 rings (SSSR count). The fourth-order valence-corrected chi connectivity index (χ4v) is 6.01. The van der Waals surface area contributed by atoms with Crippen molar-refractivity contribution < 1.29 is 24.6 Å². The number of rotatable bonds is 26. The van der Waals surface area contributed by atoms with Gasteiger partial charge in [-0.3, -0.25) is 14.4 Å². The van der Waals surface area contributed by atoms with Crippen LogP contribution >= 0.6 is 11.8 Å². The summed E-state index contributed by atoms with van der Waals surface area (Å²) in [7, 11) is 0. The highest BCUT2D eigenvalue weighted by Gasteiger charge is 2.16. The molecule has 0 aliphatic heterocycles. The van der Waals surface area contributed by atoms with Gasteiger partial charge < -0.3 is 15.9 Å². The van der Waals surface area contributed by atoms with Crippen molar-refractivity contribution in [2.45, 2.75) is 144 Å². The third-order valence-electron chi connectivity index (χ3n) is 7.55. The summed E-state index contributed by atoms with van der Waals surface area (Å²) in [4.78, 5) is 30.7. The molecular weight excluding hydrogens is 522 g/mol. The average molecular weight is 586 g/mol. The maximum atomic E-state index is 11.6. The van der Waals surface area contributed by atoms with Gasteiger partial charge in [0.05, 0.1) is 5.92 Å². The molecule has 0 aliphatic rings. The van der Waals surface area contributed by atoms with Crippen LogP contribution in [0.25, 0.3) is 0 Å². The number of aliphatic carboxylic acids is 2. The Morgan fingerprint density at radius 3 is 1.75 bits per heavy atom. The number of thioether (sulfide) groups is 1. The van der Waals surface area contributed by atoms with Crippen LogP contribution in [0.2, 0.25) is 0 Å². The summed E-state index contributed by atoms with van der Waals surface area (Å²) >= 11 is 1.74. The molecule has 3 atom stereocenters. The van der Waals surface area contributed by atoms with E-state index in [4.69, 9.17) is 9.90 Å². The minimum atomic E-state index is -0.722. The number of unbranched alkanes of at least 4 members (excludes halogenated alkanes) is 5. The van der Waals surface area contributed by atoms with E-state index in [9.17, 15) is 14.7 Å². The topological polar surface area (TPSA) is 118 Å². The van der Waals surface area contributed by atoms with Crippen molar-refractivity contribution in [1.82, 2.24) is 0 Å². The molecule has 236 valence electrons. The Morgan fingerprint density at radius 2 is 1.23 bits per heavy atom. The van der Waals surface area contributed by atoms with Crippen LogP contribution in [0.5, 0.6) is 0 Å². The molecule has 4 N–H and O–H groups in total. The van der Waals surface area contributed by atoms with Gasteiger partial charge in [0.25, 0.3) is 0 Å². The average Bonchev–Trinajstić information content (AvgIpc) is 2.86. The summed E-state index contributed by atoms with van der Waals surface area (Å²) in [5.41, 5.74) is 5.60. The van der Waals surface area contributed by atoms with Crippen molar-refractivity contribution in [3.63, 3.8) is 0 Å². The third-order valence-corrected chi connectivity index (χ3v) is 8.59. The molecule has 0 saturated heterocycles. The Labute approximate surface area is 250 Å². The lowest BCUT2D eigenvalue weighted by atomic mass is 9.91. The van der Waals surface area contributed by atoms with Crippen LogP contribution in [0, 0.1) is 23.7 Å². The van der Waals surface area contributed by atoms with Crippen LogP contribution in [0.15, 0.2) is 11.6 Å². The third kappa shape index (κ3) is 31.0. The van der Waals surface area contributed by atoms with Gasteiger partial charge in [-0.05, 0) is 50.4 Å². The quantitative estimate of drug-likeness (QED) is 0.0529. The van der Waals surface area contributed by atoms with Crippen molar-refractivity contribution in [1.29, 1.82) is 0 Å². The fourth-order valence-electron chi connectivity index (χ4n) is 4.87. The van der Waals surface area contributed by atoms with E-state index < -0.39 is 11.9 Å². The summed E-state index contributed by atoms with van der Waals surface area (Å²) in [5.74, 6) is 2.45. The second-order valence-corrected chi connectivity index (χ2v) is 13.2. The number of carboxylic acid groups (broad SMARTS) is 2. The number of carbonyl (C=O) groups is 3. The van der Waals surface area contributed by atoms with Gasteiger partial charge in [-0.25, -0.2) is 0 Å². The molecule has 0 radical (unpaired) electrons. The second kappa shape index (κ2) is 29.0. The first kappa shape index (κ1) is 40.6. The molecule has 0 aromatic heterocycles. The molecule has 0 aromatic rings. The highest BCUT2D eigenvalue weighted by Crippen LogP contribution is 2.23. The van der Waals surface area contributed by atoms with E-state index in [1.54, 1.807) is 11.8 Å². The van der Waals surface area contributed by atoms with E-state index in [0.29, 0.717) is 5.75 Å². The smallest absolute Gasteiger partial charge is 0.307 e. The van der Waals surface area contributed by atoms with E-state index in [1.807, 2.05) is 0 Å². The molecule has 40 heavy (non-hydrogen) atoms. The summed E-state index contributed by atoms with van der Waals surface area (Å²) < 4.78 is 0. The minimum absolute atomic E-state index is 0.250. The van der Waals surface area contributed by atoms with E-state index in [2.05, 4.69) is 46.4 Å². The van der Waals surface area contributed by atoms with Crippen LogP contribution < -0.4 is 5.73 Å². The van der Waals surface area contributed by atoms with Gasteiger partial charge in [-0.1, -0.05) is 116 Å². The Morgan fingerprint density at radius 1 is 0.725 bits per heavy atom. The van der Waals surface area contributed by atoms with Gasteiger partial charge in [-0.2, -0.15) is 11.8 Å². The zero-order valence-electron chi connectivity index (χ0n) is 26.5. The highest BCUT2D eigenvalue weighted by atomic mass is 32.2. The summed E-state index contributed by atoms with van der Waals surface area (Å²) in [6.45, 7) is 11.7.